The van der Waals surface area contributed by atoms with Crippen LogP contribution in [0.4, 0.5) is 0 Å². The highest BCUT2D eigenvalue weighted by Crippen LogP contribution is 2.31. The highest BCUT2D eigenvalue weighted by Gasteiger charge is 2.16. The van der Waals surface area contributed by atoms with Crippen molar-refractivity contribution in [3.05, 3.63) is 58.1 Å². The molecule has 0 heterocycles. The summed E-state index contributed by atoms with van der Waals surface area (Å²) in [4.78, 5) is 23.9. The standard InChI is InChI=1S/C24H31BrN2O4/c1-6-16(2)17-7-10-19(11-8-17)30-14-22(28)26-27-23(29)15-31-21-12-9-18(13-20(21)25)24(3,4)5/h7-13,16H,6,14-15H2,1-5H3,(H,26,28)(H,27,29). The van der Waals surface area contributed by atoms with Crippen LogP contribution in [0.3, 0.4) is 0 Å². The van der Waals surface area contributed by atoms with E-state index < -0.39 is 11.8 Å². The molecule has 2 amide bonds. The quantitative estimate of drug-likeness (QED) is 0.517. The van der Waals surface area contributed by atoms with Gasteiger partial charge in [0.2, 0.25) is 0 Å². The van der Waals surface area contributed by atoms with E-state index in [1.54, 1.807) is 0 Å². The number of hydrogen-bond donors (Lipinski definition) is 2. The van der Waals surface area contributed by atoms with Gasteiger partial charge < -0.3 is 9.47 Å². The average molecular weight is 491 g/mol. The van der Waals surface area contributed by atoms with Crippen LogP contribution in [0, 0.1) is 0 Å². The highest BCUT2D eigenvalue weighted by atomic mass is 79.9. The molecule has 6 nitrogen and oxygen atoms in total. The SMILES string of the molecule is CCC(C)c1ccc(OCC(=O)NNC(=O)COc2ccc(C(C)(C)C)cc2Br)cc1. The number of hydrogen-bond acceptors (Lipinski definition) is 4. The van der Waals surface area contributed by atoms with Gasteiger partial charge in [-0.2, -0.15) is 0 Å². The van der Waals surface area contributed by atoms with Crippen molar-refractivity contribution in [1.29, 1.82) is 0 Å². The Morgan fingerprint density at radius 3 is 2.06 bits per heavy atom. The topological polar surface area (TPSA) is 76.7 Å². The van der Waals surface area contributed by atoms with E-state index in [2.05, 4.69) is 61.4 Å². The van der Waals surface area contributed by atoms with Gasteiger partial charge >= 0.3 is 0 Å². The summed E-state index contributed by atoms with van der Waals surface area (Å²) in [6, 6.07) is 13.4. The van der Waals surface area contributed by atoms with Gasteiger partial charge in [-0.25, -0.2) is 0 Å². The van der Waals surface area contributed by atoms with E-state index in [9.17, 15) is 9.59 Å². The summed E-state index contributed by atoms with van der Waals surface area (Å²) in [6.45, 7) is 10.2. The Hall–Kier alpha value is -2.54. The van der Waals surface area contributed by atoms with Crippen molar-refractivity contribution in [1.82, 2.24) is 10.9 Å². The van der Waals surface area contributed by atoms with Crippen molar-refractivity contribution in [2.24, 2.45) is 0 Å². The summed E-state index contributed by atoms with van der Waals surface area (Å²) in [5.41, 5.74) is 7.03. The Morgan fingerprint density at radius 1 is 0.968 bits per heavy atom. The van der Waals surface area contributed by atoms with Crippen LogP contribution in [-0.4, -0.2) is 25.0 Å². The molecule has 0 fully saturated rings. The van der Waals surface area contributed by atoms with Crippen molar-refractivity contribution in [2.75, 3.05) is 13.2 Å². The monoisotopic (exact) mass is 490 g/mol. The molecular formula is C24H31BrN2O4. The van der Waals surface area contributed by atoms with Gasteiger partial charge in [-0.15, -0.1) is 0 Å². The molecule has 0 aromatic heterocycles. The third kappa shape index (κ3) is 7.90. The van der Waals surface area contributed by atoms with Gasteiger partial charge in [0.05, 0.1) is 4.47 Å². The summed E-state index contributed by atoms with van der Waals surface area (Å²) in [5, 5.41) is 0. The first-order valence-electron chi connectivity index (χ1n) is 10.3. The highest BCUT2D eigenvalue weighted by molar-refractivity contribution is 9.10. The van der Waals surface area contributed by atoms with Gasteiger partial charge in [-0.3, -0.25) is 20.4 Å². The Kier molecular flexibility index (Phi) is 8.92. The molecule has 1 unspecified atom stereocenters. The van der Waals surface area contributed by atoms with Crippen LogP contribution in [0.5, 0.6) is 11.5 Å². The second kappa shape index (κ2) is 11.2. The lowest BCUT2D eigenvalue weighted by Gasteiger charge is -2.20. The van der Waals surface area contributed by atoms with Crippen LogP contribution >= 0.6 is 15.9 Å². The van der Waals surface area contributed by atoms with E-state index in [1.807, 2.05) is 42.5 Å². The van der Waals surface area contributed by atoms with Crippen LogP contribution in [0.2, 0.25) is 0 Å². The first kappa shape index (κ1) is 24.7. The predicted octanol–water partition coefficient (Wildman–Crippen LogP) is 4.87. The Balaban J connectivity index is 1.73. The number of benzene rings is 2. The maximum absolute atomic E-state index is 12.0. The van der Waals surface area contributed by atoms with Crippen LogP contribution in [-0.2, 0) is 15.0 Å². The smallest absolute Gasteiger partial charge is 0.276 e. The largest absolute Gasteiger partial charge is 0.484 e. The number of halogens is 1. The Bertz CT molecular complexity index is 891. The summed E-state index contributed by atoms with van der Waals surface area (Å²) in [6.07, 6.45) is 1.06. The van der Waals surface area contributed by atoms with E-state index >= 15 is 0 Å². The Morgan fingerprint density at radius 2 is 1.55 bits per heavy atom. The summed E-state index contributed by atoms with van der Waals surface area (Å²) in [5.74, 6) is 0.694. The second-order valence-corrected chi connectivity index (χ2v) is 9.30. The molecule has 0 aliphatic heterocycles. The van der Waals surface area contributed by atoms with Gasteiger partial charge in [-0.05, 0) is 69.1 Å². The molecular weight excluding hydrogens is 460 g/mol. The van der Waals surface area contributed by atoms with Crippen LogP contribution in [0.1, 0.15) is 58.1 Å². The van der Waals surface area contributed by atoms with E-state index in [0.717, 1.165) is 16.5 Å². The normalized spacial score (nSPS) is 12.1. The molecule has 0 saturated carbocycles. The molecule has 2 aromatic carbocycles. The summed E-state index contributed by atoms with van der Waals surface area (Å²) < 4.78 is 11.7. The summed E-state index contributed by atoms with van der Waals surface area (Å²) >= 11 is 3.47. The molecule has 168 valence electrons. The molecule has 1 atom stereocenters. The number of amides is 2. The lowest BCUT2D eigenvalue weighted by atomic mass is 9.87. The van der Waals surface area contributed by atoms with Gasteiger partial charge in [0.25, 0.3) is 11.8 Å². The molecule has 7 heteroatoms. The van der Waals surface area contributed by atoms with E-state index in [-0.39, 0.29) is 18.6 Å². The first-order chi connectivity index (χ1) is 14.6. The minimum atomic E-state index is -0.474. The zero-order valence-corrected chi connectivity index (χ0v) is 20.3. The van der Waals surface area contributed by atoms with Crippen LogP contribution in [0.25, 0.3) is 0 Å². The lowest BCUT2D eigenvalue weighted by Crippen LogP contribution is -2.45. The van der Waals surface area contributed by atoms with Crippen molar-refractivity contribution < 1.29 is 19.1 Å². The maximum Gasteiger partial charge on any atom is 0.276 e. The second-order valence-electron chi connectivity index (χ2n) is 8.45. The maximum atomic E-state index is 12.0. The summed E-state index contributed by atoms with van der Waals surface area (Å²) in [7, 11) is 0. The average Bonchev–Trinajstić information content (AvgIpc) is 2.74. The molecule has 0 radical (unpaired) electrons. The molecule has 2 aromatic rings. The number of ether oxygens (including phenoxy) is 2. The van der Waals surface area contributed by atoms with E-state index in [1.165, 1.54) is 5.56 Å². The van der Waals surface area contributed by atoms with Gasteiger partial charge in [0, 0.05) is 0 Å². The van der Waals surface area contributed by atoms with Gasteiger partial charge in [0.1, 0.15) is 11.5 Å². The van der Waals surface area contributed by atoms with E-state index in [4.69, 9.17) is 9.47 Å². The van der Waals surface area contributed by atoms with Gasteiger partial charge in [-0.1, -0.05) is 52.8 Å². The fraction of sp³-hybridized carbons (Fsp3) is 0.417. The molecule has 0 aliphatic rings. The Labute approximate surface area is 192 Å². The minimum Gasteiger partial charge on any atom is -0.484 e. The number of rotatable bonds is 8. The van der Waals surface area contributed by atoms with Crippen molar-refractivity contribution in [3.8, 4) is 11.5 Å². The molecule has 0 aliphatic carbocycles. The number of hydrazine groups is 1. The molecule has 2 rings (SSSR count). The molecule has 2 N–H and O–H groups in total. The predicted molar refractivity (Wildman–Crippen MR) is 125 cm³/mol. The number of nitrogens with one attached hydrogen (secondary N) is 2. The van der Waals surface area contributed by atoms with Crippen LogP contribution < -0.4 is 20.3 Å². The zero-order chi connectivity index (χ0) is 23.0. The third-order valence-corrected chi connectivity index (χ3v) is 5.55. The molecule has 0 saturated heterocycles. The minimum absolute atomic E-state index is 0.0146. The molecule has 31 heavy (non-hydrogen) atoms. The first-order valence-corrected chi connectivity index (χ1v) is 11.1. The fourth-order valence-electron chi connectivity index (χ4n) is 2.72. The number of carbonyl (C=O) groups is 2. The van der Waals surface area contributed by atoms with Crippen molar-refractivity contribution >= 4 is 27.7 Å². The lowest BCUT2D eigenvalue weighted by molar-refractivity contribution is -0.131. The van der Waals surface area contributed by atoms with Crippen molar-refractivity contribution in [3.63, 3.8) is 0 Å². The van der Waals surface area contributed by atoms with Crippen LogP contribution in [0.15, 0.2) is 46.9 Å². The third-order valence-electron chi connectivity index (χ3n) is 4.93. The fourth-order valence-corrected chi connectivity index (χ4v) is 3.21. The van der Waals surface area contributed by atoms with Crippen molar-refractivity contribution in [2.45, 2.75) is 52.4 Å². The van der Waals surface area contributed by atoms with E-state index in [0.29, 0.717) is 17.4 Å². The molecule has 0 spiro atoms. The number of carbonyl (C=O) groups excluding carboxylic acids is 2. The zero-order valence-electron chi connectivity index (χ0n) is 18.8. The van der Waals surface area contributed by atoms with Gasteiger partial charge in [0.15, 0.2) is 13.2 Å². The molecule has 0 bridgehead atoms.